The lowest BCUT2D eigenvalue weighted by molar-refractivity contribution is -0.116. The maximum atomic E-state index is 4.22. The minimum absolute atomic E-state index is 0.292. The minimum atomic E-state index is 0.292. The average molecular weight is 282 g/mol. The summed E-state index contributed by atoms with van der Waals surface area (Å²) in [6, 6.07) is 11.1. The molecular formula is C17H22N4. The largest absolute Gasteiger partial charge is 0.291 e. The summed E-state index contributed by atoms with van der Waals surface area (Å²) in [5, 5.41) is 4.22. The van der Waals surface area contributed by atoms with Crippen molar-refractivity contribution >= 4 is 0 Å². The van der Waals surface area contributed by atoms with Crippen LogP contribution in [0.25, 0.3) is 0 Å². The predicted octanol–water partition coefficient (Wildman–Crippen LogP) is 2.68. The molecule has 4 nitrogen and oxygen atoms in total. The van der Waals surface area contributed by atoms with Gasteiger partial charge in [-0.2, -0.15) is 5.10 Å². The summed E-state index contributed by atoms with van der Waals surface area (Å²) in [5.74, 6) is 0.837. The van der Waals surface area contributed by atoms with Crippen molar-refractivity contribution in [1.82, 2.24) is 19.7 Å². The Morgan fingerprint density at radius 3 is 2.81 bits per heavy atom. The molecule has 1 aromatic heterocycles. The number of benzene rings is 1. The topological polar surface area (TPSA) is 34.0 Å². The van der Waals surface area contributed by atoms with E-state index in [9.17, 15) is 0 Å². The van der Waals surface area contributed by atoms with Crippen molar-refractivity contribution in [3.05, 3.63) is 48.5 Å². The Hall–Kier alpha value is -1.68. The molecule has 0 bridgehead atoms. The zero-order chi connectivity index (χ0) is 14.1. The molecular weight excluding hydrogens is 260 g/mol. The Labute approximate surface area is 125 Å². The molecule has 1 aromatic carbocycles. The molecule has 0 radical (unpaired) electrons. The molecule has 2 fully saturated rings. The van der Waals surface area contributed by atoms with Crippen molar-refractivity contribution in [2.24, 2.45) is 5.92 Å². The Morgan fingerprint density at radius 1 is 1.14 bits per heavy atom. The summed E-state index contributed by atoms with van der Waals surface area (Å²) in [7, 11) is 0. The van der Waals surface area contributed by atoms with E-state index < -0.39 is 0 Å². The molecule has 0 N–H and O–H groups in total. The van der Waals surface area contributed by atoms with Gasteiger partial charge in [-0.15, -0.1) is 0 Å². The number of hydrogen-bond acceptors (Lipinski definition) is 3. The van der Waals surface area contributed by atoms with Crippen LogP contribution in [0, 0.1) is 5.92 Å². The van der Waals surface area contributed by atoms with E-state index in [4.69, 9.17) is 0 Å². The van der Waals surface area contributed by atoms with Gasteiger partial charge < -0.3 is 0 Å². The lowest BCUT2D eigenvalue weighted by Crippen LogP contribution is -2.66. The zero-order valence-electron chi connectivity index (χ0n) is 12.4. The van der Waals surface area contributed by atoms with Crippen LogP contribution in [0.1, 0.15) is 31.2 Å². The minimum Gasteiger partial charge on any atom is -0.291 e. The first kappa shape index (κ1) is 13.0. The number of likely N-dealkylation sites (tertiary alicyclic amines) is 1. The number of aromatic nitrogens is 3. The van der Waals surface area contributed by atoms with Crippen LogP contribution >= 0.6 is 0 Å². The van der Waals surface area contributed by atoms with E-state index in [1.54, 1.807) is 6.33 Å². The molecule has 1 aliphatic carbocycles. The fourth-order valence-electron chi connectivity index (χ4n) is 4.35. The van der Waals surface area contributed by atoms with Gasteiger partial charge in [0.15, 0.2) is 0 Å². The highest BCUT2D eigenvalue weighted by Crippen LogP contribution is 2.53. The first-order chi connectivity index (χ1) is 10.4. The van der Waals surface area contributed by atoms with Crippen molar-refractivity contribution in [1.29, 1.82) is 0 Å². The SMILES string of the molecule is c1ccc([C@]23CCCC[C@H]2CN3CCn2cncn2)cc1. The van der Waals surface area contributed by atoms with E-state index in [2.05, 4.69) is 45.3 Å². The van der Waals surface area contributed by atoms with Crippen LogP contribution < -0.4 is 0 Å². The molecule has 4 heteroatoms. The van der Waals surface area contributed by atoms with E-state index in [0.29, 0.717) is 5.54 Å². The van der Waals surface area contributed by atoms with Crippen LogP contribution in [-0.2, 0) is 12.1 Å². The molecule has 4 rings (SSSR count). The summed E-state index contributed by atoms with van der Waals surface area (Å²) >= 11 is 0. The highest BCUT2D eigenvalue weighted by Gasteiger charge is 2.54. The summed E-state index contributed by atoms with van der Waals surface area (Å²) in [4.78, 5) is 6.71. The van der Waals surface area contributed by atoms with Gasteiger partial charge in [-0.1, -0.05) is 43.2 Å². The lowest BCUT2D eigenvalue weighted by Gasteiger charge is -2.62. The van der Waals surface area contributed by atoms with Crippen molar-refractivity contribution in [3.8, 4) is 0 Å². The van der Waals surface area contributed by atoms with Gasteiger partial charge in [0, 0.05) is 13.1 Å². The highest BCUT2D eigenvalue weighted by atomic mass is 15.3. The first-order valence-electron chi connectivity index (χ1n) is 8.02. The third-order valence-corrected chi connectivity index (χ3v) is 5.38. The lowest BCUT2D eigenvalue weighted by atomic mass is 9.62. The summed E-state index contributed by atoms with van der Waals surface area (Å²) in [5.41, 5.74) is 1.81. The summed E-state index contributed by atoms with van der Waals surface area (Å²) in [6.07, 6.45) is 8.87. The molecule has 2 aromatic rings. The van der Waals surface area contributed by atoms with E-state index in [0.717, 1.165) is 19.0 Å². The zero-order valence-corrected chi connectivity index (χ0v) is 12.4. The van der Waals surface area contributed by atoms with Gasteiger partial charge >= 0.3 is 0 Å². The molecule has 0 unspecified atom stereocenters. The summed E-state index contributed by atoms with van der Waals surface area (Å²) < 4.78 is 1.94. The van der Waals surface area contributed by atoms with Crippen LogP contribution in [0.15, 0.2) is 43.0 Å². The number of rotatable bonds is 4. The van der Waals surface area contributed by atoms with Gasteiger partial charge in [-0.05, 0) is 24.3 Å². The smallest absolute Gasteiger partial charge is 0.137 e. The Balaban J connectivity index is 1.56. The molecule has 0 amide bonds. The normalized spacial score (nSPS) is 28.9. The van der Waals surface area contributed by atoms with E-state index in [1.165, 1.54) is 37.8 Å². The Kier molecular flexibility index (Phi) is 3.26. The van der Waals surface area contributed by atoms with Crippen LogP contribution in [-0.4, -0.2) is 32.8 Å². The Bertz CT molecular complexity index is 580. The van der Waals surface area contributed by atoms with Gasteiger partial charge in [-0.25, -0.2) is 4.98 Å². The molecule has 2 atom stereocenters. The van der Waals surface area contributed by atoms with Gasteiger partial charge in [0.05, 0.1) is 12.1 Å². The van der Waals surface area contributed by atoms with Crippen LogP contribution in [0.5, 0.6) is 0 Å². The average Bonchev–Trinajstić information content (AvgIpc) is 3.02. The number of nitrogens with zero attached hydrogens (tertiary/aromatic N) is 4. The predicted molar refractivity (Wildman–Crippen MR) is 81.7 cm³/mol. The maximum absolute atomic E-state index is 4.22. The van der Waals surface area contributed by atoms with Gasteiger partial charge in [0.2, 0.25) is 0 Å². The molecule has 2 heterocycles. The highest BCUT2D eigenvalue weighted by molar-refractivity contribution is 5.30. The maximum Gasteiger partial charge on any atom is 0.137 e. The number of fused-ring (bicyclic) bond motifs is 1. The van der Waals surface area contributed by atoms with Gasteiger partial charge in [-0.3, -0.25) is 9.58 Å². The fourth-order valence-corrected chi connectivity index (χ4v) is 4.35. The third kappa shape index (κ3) is 2.09. The van der Waals surface area contributed by atoms with Crippen molar-refractivity contribution in [2.75, 3.05) is 13.1 Å². The van der Waals surface area contributed by atoms with E-state index in [-0.39, 0.29) is 0 Å². The third-order valence-electron chi connectivity index (χ3n) is 5.38. The van der Waals surface area contributed by atoms with Crippen LogP contribution in [0.4, 0.5) is 0 Å². The second-order valence-corrected chi connectivity index (χ2v) is 6.34. The van der Waals surface area contributed by atoms with E-state index >= 15 is 0 Å². The van der Waals surface area contributed by atoms with E-state index in [1.807, 2.05) is 11.0 Å². The van der Waals surface area contributed by atoms with Crippen LogP contribution in [0.2, 0.25) is 0 Å². The fraction of sp³-hybridized carbons (Fsp3) is 0.529. The van der Waals surface area contributed by atoms with Crippen LogP contribution in [0.3, 0.4) is 0 Å². The van der Waals surface area contributed by atoms with Crippen molar-refractivity contribution in [3.63, 3.8) is 0 Å². The Morgan fingerprint density at radius 2 is 2.05 bits per heavy atom. The molecule has 1 saturated carbocycles. The number of hydrogen-bond donors (Lipinski definition) is 0. The second-order valence-electron chi connectivity index (χ2n) is 6.34. The molecule has 21 heavy (non-hydrogen) atoms. The van der Waals surface area contributed by atoms with Gasteiger partial charge in [0.25, 0.3) is 0 Å². The summed E-state index contributed by atoms with van der Waals surface area (Å²) in [6.45, 7) is 3.24. The van der Waals surface area contributed by atoms with Crippen molar-refractivity contribution < 1.29 is 0 Å². The van der Waals surface area contributed by atoms with Gasteiger partial charge in [0.1, 0.15) is 12.7 Å². The molecule has 110 valence electrons. The standard InChI is InChI=1S/C17H22N4/c1-2-6-15(7-3-1)17-9-5-4-8-16(17)12-20(17)10-11-21-14-18-13-19-21/h1-3,6-7,13-14,16H,4-5,8-12H2/t16-,17+/m0/s1. The molecule has 0 spiro atoms. The monoisotopic (exact) mass is 282 g/mol. The molecule has 2 aliphatic rings. The first-order valence-corrected chi connectivity index (χ1v) is 8.02. The molecule has 1 saturated heterocycles. The second kappa shape index (κ2) is 5.26. The quantitative estimate of drug-likeness (QED) is 0.864. The van der Waals surface area contributed by atoms with Crippen molar-refractivity contribution in [2.45, 2.75) is 37.8 Å². The molecule has 1 aliphatic heterocycles.